The summed E-state index contributed by atoms with van der Waals surface area (Å²) >= 11 is 0. The summed E-state index contributed by atoms with van der Waals surface area (Å²) in [5.41, 5.74) is -0.841. The van der Waals surface area contributed by atoms with E-state index >= 15 is 0 Å². The van der Waals surface area contributed by atoms with Gasteiger partial charge in [-0.25, -0.2) is 4.39 Å². The lowest BCUT2D eigenvalue weighted by Gasteiger charge is -2.33. The van der Waals surface area contributed by atoms with Gasteiger partial charge in [-0.2, -0.15) is 0 Å². The molecule has 74 valence electrons. The quantitative estimate of drug-likeness (QED) is 0.592. The van der Waals surface area contributed by atoms with Crippen LogP contribution in [0.3, 0.4) is 0 Å². The summed E-state index contributed by atoms with van der Waals surface area (Å²) in [6.45, 7) is 7.78. The van der Waals surface area contributed by atoms with Gasteiger partial charge in [0.25, 0.3) is 0 Å². The molecule has 1 aliphatic heterocycles. The Hall–Kier alpha value is -0.110. The highest BCUT2D eigenvalue weighted by Crippen LogP contribution is 2.28. The molecule has 1 aliphatic rings. The van der Waals surface area contributed by atoms with Crippen LogP contribution in [0.2, 0.25) is 0 Å². The summed E-state index contributed by atoms with van der Waals surface area (Å²) < 4.78 is 13.4. The van der Waals surface area contributed by atoms with Crippen molar-refractivity contribution in [2.45, 2.75) is 45.7 Å². The Morgan fingerprint density at radius 1 is 1.25 bits per heavy atom. The fourth-order valence-corrected chi connectivity index (χ4v) is 1.37. The van der Waals surface area contributed by atoms with Crippen molar-refractivity contribution < 1.29 is 4.39 Å². The summed E-state index contributed by atoms with van der Waals surface area (Å²) in [4.78, 5) is 2.19. The molecule has 0 saturated carbocycles. The highest BCUT2D eigenvalue weighted by atomic mass is 19.1. The summed E-state index contributed by atoms with van der Waals surface area (Å²) in [6, 6.07) is 0. The zero-order valence-corrected chi connectivity index (χ0v) is 8.86. The molecular formula is C10H22FN. The Kier molecular flexibility index (Phi) is 5.47. The molecule has 1 heterocycles. The summed E-state index contributed by atoms with van der Waals surface area (Å²) in [5, 5.41) is 0. The van der Waals surface area contributed by atoms with Gasteiger partial charge in [0.2, 0.25) is 0 Å². The van der Waals surface area contributed by atoms with E-state index in [-0.39, 0.29) is 0 Å². The van der Waals surface area contributed by atoms with Crippen molar-refractivity contribution in [1.82, 2.24) is 4.90 Å². The molecule has 0 amide bonds. The highest BCUT2D eigenvalue weighted by Gasteiger charge is 2.30. The van der Waals surface area contributed by atoms with Crippen LogP contribution in [0.25, 0.3) is 0 Å². The Bertz CT molecular complexity index is 106. The van der Waals surface area contributed by atoms with E-state index in [2.05, 4.69) is 11.9 Å². The van der Waals surface area contributed by atoms with Crippen LogP contribution in [0.5, 0.6) is 0 Å². The fourth-order valence-electron chi connectivity index (χ4n) is 1.37. The van der Waals surface area contributed by atoms with Gasteiger partial charge < -0.3 is 4.90 Å². The summed E-state index contributed by atoms with van der Waals surface area (Å²) in [5.74, 6) is 0. The van der Waals surface area contributed by atoms with Crippen molar-refractivity contribution in [2.24, 2.45) is 0 Å². The zero-order chi connectivity index (χ0) is 9.61. The van der Waals surface area contributed by atoms with Crippen LogP contribution in [0.4, 0.5) is 4.39 Å². The van der Waals surface area contributed by atoms with E-state index in [1.165, 1.54) is 0 Å². The standard InChI is InChI=1S/C8H16FN.C2H6/c1-3-8(9)4-6-10(2)7-5-8;1-2/h3-7H2,1-2H3;1-2H3. The van der Waals surface area contributed by atoms with Crippen LogP contribution < -0.4 is 0 Å². The molecule has 0 aliphatic carbocycles. The minimum Gasteiger partial charge on any atom is -0.306 e. The number of halogens is 1. The molecule has 0 unspecified atom stereocenters. The van der Waals surface area contributed by atoms with Gasteiger partial charge >= 0.3 is 0 Å². The fraction of sp³-hybridized carbons (Fsp3) is 1.00. The molecule has 0 radical (unpaired) electrons. The Morgan fingerprint density at radius 3 is 2.00 bits per heavy atom. The lowest BCUT2D eigenvalue weighted by Crippen LogP contribution is -2.39. The topological polar surface area (TPSA) is 3.24 Å². The average molecular weight is 175 g/mol. The normalized spacial score (nSPS) is 22.8. The van der Waals surface area contributed by atoms with Crippen LogP contribution in [0.1, 0.15) is 40.0 Å². The number of nitrogens with zero attached hydrogens (tertiary/aromatic N) is 1. The van der Waals surface area contributed by atoms with Gasteiger partial charge in [-0.3, -0.25) is 0 Å². The lowest BCUT2D eigenvalue weighted by molar-refractivity contribution is 0.0660. The van der Waals surface area contributed by atoms with E-state index in [1.54, 1.807) is 0 Å². The molecule has 1 saturated heterocycles. The van der Waals surface area contributed by atoms with Gasteiger partial charge in [0.05, 0.1) is 0 Å². The molecular weight excluding hydrogens is 153 g/mol. The predicted molar refractivity (Wildman–Crippen MR) is 52.2 cm³/mol. The minimum absolute atomic E-state index is 0.681. The van der Waals surface area contributed by atoms with Crippen LogP contribution in [0, 0.1) is 0 Å². The molecule has 1 rings (SSSR count). The molecule has 0 atom stereocenters. The number of rotatable bonds is 1. The summed E-state index contributed by atoms with van der Waals surface area (Å²) in [6.07, 6.45) is 2.13. The van der Waals surface area contributed by atoms with Crippen molar-refractivity contribution >= 4 is 0 Å². The van der Waals surface area contributed by atoms with Gasteiger partial charge in [-0.05, 0) is 26.3 Å². The van der Waals surface area contributed by atoms with Crippen LogP contribution in [-0.4, -0.2) is 30.7 Å². The maximum absolute atomic E-state index is 13.4. The monoisotopic (exact) mass is 175 g/mol. The lowest BCUT2D eigenvalue weighted by atomic mass is 9.91. The number of hydrogen-bond acceptors (Lipinski definition) is 1. The first-order valence-electron chi connectivity index (χ1n) is 5.04. The van der Waals surface area contributed by atoms with Crippen molar-refractivity contribution in [1.29, 1.82) is 0 Å². The Labute approximate surface area is 75.9 Å². The second kappa shape index (κ2) is 5.52. The van der Waals surface area contributed by atoms with Gasteiger partial charge in [0, 0.05) is 13.1 Å². The second-order valence-corrected chi connectivity index (χ2v) is 3.31. The van der Waals surface area contributed by atoms with Crippen molar-refractivity contribution in [3.63, 3.8) is 0 Å². The van der Waals surface area contributed by atoms with E-state index in [1.807, 2.05) is 20.8 Å². The van der Waals surface area contributed by atoms with Gasteiger partial charge in [-0.1, -0.05) is 20.8 Å². The predicted octanol–water partition coefficient (Wildman–Crippen LogP) is 2.86. The number of hydrogen-bond donors (Lipinski definition) is 0. The molecule has 12 heavy (non-hydrogen) atoms. The third-order valence-electron chi connectivity index (χ3n) is 2.52. The smallest absolute Gasteiger partial charge is 0.113 e. The van der Waals surface area contributed by atoms with Crippen molar-refractivity contribution in [3.05, 3.63) is 0 Å². The van der Waals surface area contributed by atoms with E-state index in [0.717, 1.165) is 25.9 Å². The van der Waals surface area contributed by atoms with E-state index < -0.39 is 5.67 Å². The molecule has 0 N–H and O–H groups in total. The SMILES string of the molecule is CC.CCC1(F)CCN(C)CC1. The first kappa shape index (κ1) is 11.9. The van der Waals surface area contributed by atoms with Crippen LogP contribution in [0.15, 0.2) is 0 Å². The van der Waals surface area contributed by atoms with Gasteiger partial charge in [0.15, 0.2) is 0 Å². The molecule has 0 aromatic heterocycles. The highest BCUT2D eigenvalue weighted by molar-refractivity contribution is 4.83. The van der Waals surface area contributed by atoms with E-state index in [4.69, 9.17) is 0 Å². The molecule has 0 bridgehead atoms. The van der Waals surface area contributed by atoms with E-state index in [0.29, 0.717) is 6.42 Å². The van der Waals surface area contributed by atoms with Crippen LogP contribution in [-0.2, 0) is 0 Å². The first-order chi connectivity index (χ1) is 5.66. The zero-order valence-electron chi connectivity index (χ0n) is 8.86. The summed E-state index contributed by atoms with van der Waals surface area (Å²) in [7, 11) is 2.05. The third-order valence-corrected chi connectivity index (χ3v) is 2.52. The third kappa shape index (κ3) is 3.53. The van der Waals surface area contributed by atoms with Crippen molar-refractivity contribution in [2.75, 3.05) is 20.1 Å². The van der Waals surface area contributed by atoms with E-state index in [9.17, 15) is 4.39 Å². The van der Waals surface area contributed by atoms with Crippen LogP contribution >= 0.6 is 0 Å². The second-order valence-electron chi connectivity index (χ2n) is 3.31. The molecule has 1 fully saturated rings. The largest absolute Gasteiger partial charge is 0.306 e. The average Bonchev–Trinajstić information content (AvgIpc) is 2.14. The Balaban J connectivity index is 0.000000561. The maximum Gasteiger partial charge on any atom is 0.113 e. The number of likely N-dealkylation sites (tertiary alicyclic amines) is 1. The number of alkyl halides is 1. The Morgan fingerprint density at radius 2 is 1.67 bits per heavy atom. The molecule has 1 nitrogen and oxygen atoms in total. The van der Waals surface area contributed by atoms with Crippen molar-refractivity contribution in [3.8, 4) is 0 Å². The number of piperidine rings is 1. The first-order valence-corrected chi connectivity index (χ1v) is 5.04. The molecule has 0 aromatic carbocycles. The molecule has 2 heteroatoms. The minimum atomic E-state index is -0.841. The van der Waals surface area contributed by atoms with Gasteiger partial charge in [0.1, 0.15) is 5.67 Å². The maximum atomic E-state index is 13.4. The van der Waals surface area contributed by atoms with Gasteiger partial charge in [-0.15, -0.1) is 0 Å². The molecule has 0 spiro atoms. The molecule has 0 aromatic rings.